The molecule has 1 aliphatic rings. The maximum atomic E-state index is 13.0. The van der Waals surface area contributed by atoms with Crippen LogP contribution in [0.2, 0.25) is 39.3 Å². The molecule has 0 amide bonds. The van der Waals surface area contributed by atoms with Crippen molar-refractivity contribution in [2.24, 2.45) is 0 Å². The third-order valence-corrected chi connectivity index (χ3v) is 12.1. The Kier molecular flexibility index (Phi) is 12.2. The summed E-state index contributed by atoms with van der Waals surface area (Å²) in [6, 6.07) is 16.9. The summed E-state index contributed by atoms with van der Waals surface area (Å²) in [6.45, 7) is 13.8. The van der Waals surface area contributed by atoms with Crippen molar-refractivity contribution in [1.29, 1.82) is 5.26 Å². The Morgan fingerprint density at radius 2 is 1.07 bits per heavy atom. The topological polar surface area (TPSA) is 37.9 Å². The second-order valence-electron chi connectivity index (χ2n) is 12.4. The molecule has 0 aromatic heterocycles. The summed E-state index contributed by atoms with van der Waals surface area (Å²) in [5.74, 6) is 0. The quantitative estimate of drug-likeness (QED) is 0.205. The van der Waals surface area contributed by atoms with Gasteiger partial charge in [0.2, 0.25) is 0 Å². The SMILES string of the molecule is C[Si](C)(C)[N-][Si](C)(C)C.N#CC1(c2ccc(-c3ccc(C(F)(F)F)cc3)c(-c3ccc(C(F)(F)F)cc3)c2)CCC1.[K+]. The first-order valence-corrected chi connectivity index (χ1v) is 20.3. The fraction of sp³-hybridized carbons (Fsp3) is 0.387. The minimum Gasteiger partial charge on any atom is -0.668 e. The van der Waals surface area contributed by atoms with Gasteiger partial charge in [0, 0.05) is 0 Å². The van der Waals surface area contributed by atoms with Crippen LogP contribution in [0.4, 0.5) is 26.3 Å². The number of hydrogen-bond donors (Lipinski definition) is 0. The van der Waals surface area contributed by atoms with E-state index >= 15 is 0 Å². The molecule has 220 valence electrons. The normalized spacial score (nSPS) is 14.9. The second kappa shape index (κ2) is 13.8. The maximum Gasteiger partial charge on any atom is 1.00 e. The molecule has 1 aliphatic carbocycles. The standard InChI is InChI=1S/C25H17F6N.C6H18NSi2.K/c26-24(27,28)18-6-2-16(3-7-18)21-11-10-20(23(15-32)12-1-13-23)14-22(21)17-4-8-19(9-5-17)25(29,30)31;1-8(2,3)7-9(4,5)6;/h2-11,14H,1,12-13H2;1-6H3;/q;-1;+1. The van der Waals surface area contributed by atoms with Crippen LogP contribution in [0.25, 0.3) is 26.9 Å². The molecule has 3 aromatic carbocycles. The van der Waals surface area contributed by atoms with Crippen molar-refractivity contribution >= 4 is 16.5 Å². The predicted octanol–water partition coefficient (Wildman–Crippen LogP) is 8.04. The van der Waals surface area contributed by atoms with E-state index in [0.717, 1.165) is 36.2 Å². The molecule has 4 rings (SSSR count). The molecule has 0 spiro atoms. The molecule has 3 aromatic rings. The van der Waals surface area contributed by atoms with Crippen molar-refractivity contribution in [2.75, 3.05) is 0 Å². The van der Waals surface area contributed by atoms with Crippen molar-refractivity contribution in [3.63, 3.8) is 0 Å². The number of nitrogens with zero attached hydrogens (tertiary/aromatic N) is 2. The zero-order valence-electron chi connectivity index (χ0n) is 25.1. The molecular weight excluding hydrogens is 610 g/mol. The minimum atomic E-state index is -4.48. The second-order valence-corrected chi connectivity index (χ2v) is 22.0. The fourth-order valence-electron chi connectivity index (χ4n) is 5.01. The van der Waals surface area contributed by atoms with Crippen LogP contribution in [0.1, 0.15) is 36.0 Å². The van der Waals surface area contributed by atoms with Gasteiger partial charge in [0.05, 0.1) is 22.6 Å². The molecule has 0 N–H and O–H groups in total. The van der Waals surface area contributed by atoms with Crippen molar-refractivity contribution in [2.45, 2.75) is 76.3 Å². The van der Waals surface area contributed by atoms with E-state index in [-0.39, 0.29) is 51.4 Å². The Morgan fingerprint density at radius 3 is 1.36 bits per heavy atom. The van der Waals surface area contributed by atoms with E-state index in [1.165, 1.54) is 24.3 Å². The van der Waals surface area contributed by atoms with E-state index in [2.05, 4.69) is 45.4 Å². The van der Waals surface area contributed by atoms with Crippen molar-refractivity contribution in [1.82, 2.24) is 0 Å². The van der Waals surface area contributed by atoms with E-state index in [1.807, 2.05) is 0 Å². The van der Waals surface area contributed by atoms with Crippen LogP contribution in [-0.2, 0) is 17.8 Å². The molecule has 2 nitrogen and oxygen atoms in total. The van der Waals surface area contributed by atoms with Gasteiger partial charge in [0.15, 0.2) is 0 Å². The summed E-state index contributed by atoms with van der Waals surface area (Å²) < 4.78 is 82.6. The molecule has 0 radical (unpaired) electrons. The van der Waals surface area contributed by atoms with E-state index in [4.69, 9.17) is 4.65 Å². The Bertz CT molecular complexity index is 1370. The van der Waals surface area contributed by atoms with E-state index in [9.17, 15) is 31.6 Å². The molecule has 42 heavy (non-hydrogen) atoms. The van der Waals surface area contributed by atoms with E-state index in [0.29, 0.717) is 35.1 Å². The Balaban J connectivity index is 0.000000536. The van der Waals surface area contributed by atoms with Gasteiger partial charge < -0.3 is 4.65 Å². The smallest absolute Gasteiger partial charge is 0.668 e. The Morgan fingerprint density at radius 1 is 0.667 bits per heavy atom. The van der Waals surface area contributed by atoms with Gasteiger partial charge in [-0.2, -0.15) is 31.6 Å². The number of rotatable bonds is 5. The first-order chi connectivity index (χ1) is 18.7. The average Bonchev–Trinajstić information content (AvgIpc) is 2.81. The first kappa shape index (κ1) is 36.9. The number of benzene rings is 3. The summed E-state index contributed by atoms with van der Waals surface area (Å²) >= 11 is 0. The third-order valence-electron chi connectivity index (χ3n) is 6.71. The van der Waals surface area contributed by atoms with Crippen LogP contribution in [0.5, 0.6) is 0 Å². The summed E-state index contributed by atoms with van der Waals surface area (Å²) in [7, 11) is -2.21. The van der Waals surface area contributed by atoms with Crippen molar-refractivity contribution in [3.8, 4) is 28.3 Å². The van der Waals surface area contributed by atoms with Gasteiger partial charge in [-0.3, -0.25) is 0 Å². The molecule has 0 aliphatic heterocycles. The number of halogens is 6. The van der Waals surface area contributed by atoms with Crippen molar-refractivity contribution < 1.29 is 77.7 Å². The molecule has 0 saturated heterocycles. The van der Waals surface area contributed by atoms with E-state index < -0.39 is 45.4 Å². The summed E-state index contributed by atoms with van der Waals surface area (Å²) in [5.41, 5.74) is 0.678. The molecule has 1 saturated carbocycles. The molecular formula is C31H35F6KN2Si2. The third kappa shape index (κ3) is 9.89. The maximum absolute atomic E-state index is 13.0. The van der Waals surface area contributed by atoms with Gasteiger partial charge in [0.25, 0.3) is 0 Å². The van der Waals surface area contributed by atoms with E-state index in [1.54, 1.807) is 18.2 Å². The van der Waals surface area contributed by atoms with Gasteiger partial charge in [-0.1, -0.05) is 92.2 Å². The van der Waals surface area contributed by atoms with Gasteiger partial charge >= 0.3 is 63.7 Å². The number of alkyl halides is 6. The Hall–Kier alpha value is -1.24. The molecule has 0 bridgehead atoms. The molecule has 0 atom stereocenters. The van der Waals surface area contributed by atoms with Crippen LogP contribution in [-0.4, -0.2) is 16.5 Å². The van der Waals surface area contributed by atoms with Gasteiger partial charge in [-0.15, -0.1) is 0 Å². The average molecular weight is 645 g/mol. The molecule has 0 unspecified atom stereocenters. The Labute approximate surface area is 289 Å². The number of hydrogen-bond acceptors (Lipinski definition) is 1. The minimum absolute atomic E-state index is 0. The predicted molar refractivity (Wildman–Crippen MR) is 159 cm³/mol. The van der Waals surface area contributed by atoms with Gasteiger partial charge in [-0.25, -0.2) is 0 Å². The van der Waals surface area contributed by atoms with Crippen LogP contribution in [0, 0.1) is 11.3 Å². The number of nitriles is 1. The first-order valence-electron chi connectivity index (χ1n) is 13.4. The van der Waals surface area contributed by atoms with Crippen LogP contribution < -0.4 is 51.4 Å². The fourth-order valence-corrected chi connectivity index (χ4v) is 13.1. The monoisotopic (exact) mass is 644 g/mol. The molecule has 11 heteroatoms. The van der Waals surface area contributed by atoms with Crippen LogP contribution in [0.15, 0.2) is 66.7 Å². The summed E-state index contributed by atoms with van der Waals surface area (Å²) in [6.07, 6.45) is -6.66. The van der Waals surface area contributed by atoms with Crippen molar-refractivity contribution in [3.05, 3.63) is 88.1 Å². The van der Waals surface area contributed by atoms with Gasteiger partial charge in [0.1, 0.15) is 0 Å². The van der Waals surface area contributed by atoms with Gasteiger partial charge in [-0.05, 0) is 77.4 Å². The van der Waals surface area contributed by atoms with Crippen LogP contribution >= 0.6 is 0 Å². The largest absolute Gasteiger partial charge is 1.00 e. The zero-order valence-corrected chi connectivity index (χ0v) is 30.3. The summed E-state index contributed by atoms with van der Waals surface area (Å²) in [4.78, 5) is 0. The van der Waals surface area contributed by atoms with Crippen LogP contribution in [0.3, 0.4) is 0 Å². The zero-order chi connectivity index (χ0) is 30.9. The molecule has 1 fully saturated rings. The summed E-state index contributed by atoms with van der Waals surface area (Å²) in [5, 5.41) is 9.69. The molecule has 0 heterocycles.